The summed E-state index contributed by atoms with van der Waals surface area (Å²) in [5.41, 5.74) is 1.23. The molecule has 1 aliphatic heterocycles. The summed E-state index contributed by atoms with van der Waals surface area (Å²) in [7, 11) is 5.22. The van der Waals surface area contributed by atoms with Gasteiger partial charge in [-0.15, -0.1) is 24.0 Å². The van der Waals surface area contributed by atoms with Crippen LogP contribution in [0.2, 0.25) is 0 Å². The average molecular weight is 502 g/mol. The fraction of sp³-hybridized carbons (Fsp3) is 0.619. The molecular weight excluding hydrogens is 467 g/mol. The third kappa shape index (κ3) is 6.83. The Morgan fingerprint density at radius 1 is 1.25 bits per heavy atom. The largest absolute Gasteiger partial charge is 0.497 e. The Labute approximate surface area is 186 Å². The second kappa shape index (κ2) is 11.5. The third-order valence-corrected chi connectivity index (χ3v) is 5.44. The Hall–Kier alpha value is -1.51. The van der Waals surface area contributed by atoms with Gasteiger partial charge in [-0.2, -0.15) is 0 Å². The normalized spacial score (nSPS) is 15.6. The molecular formula is C21H35IN4O2. The molecule has 0 unspecified atom stereocenters. The molecule has 1 aromatic rings. The van der Waals surface area contributed by atoms with E-state index in [4.69, 9.17) is 4.74 Å². The monoisotopic (exact) mass is 502 g/mol. The minimum atomic E-state index is -0.0280. The van der Waals surface area contributed by atoms with Gasteiger partial charge in [0.05, 0.1) is 7.11 Å². The average Bonchev–Trinajstić information content (AvgIpc) is 2.69. The molecule has 7 heteroatoms. The Kier molecular flexibility index (Phi) is 10.1. The second-order valence-corrected chi connectivity index (χ2v) is 7.82. The number of guanidine groups is 1. The van der Waals surface area contributed by atoms with Crippen molar-refractivity contribution in [3.63, 3.8) is 0 Å². The number of hydrogen-bond acceptors (Lipinski definition) is 3. The Morgan fingerprint density at radius 2 is 1.86 bits per heavy atom. The number of nitrogens with zero attached hydrogens (tertiary/aromatic N) is 2. The first-order valence-corrected chi connectivity index (χ1v) is 9.70. The van der Waals surface area contributed by atoms with Gasteiger partial charge in [0, 0.05) is 45.6 Å². The van der Waals surface area contributed by atoms with Crippen LogP contribution in [0.4, 0.5) is 0 Å². The van der Waals surface area contributed by atoms with Crippen molar-refractivity contribution < 1.29 is 9.53 Å². The van der Waals surface area contributed by atoms with Gasteiger partial charge in [-0.1, -0.05) is 26.0 Å². The first-order valence-electron chi connectivity index (χ1n) is 9.70. The lowest BCUT2D eigenvalue weighted by molar-refractivity contribution is -0.121. The van der Waals surface area contributed by atoms with Crippen molar-refractivity contribution in [1.82, 2.24) is 15.5 Å². The summed E-state index contributed by atoms with van der Waals surface area (Å²) in [6.07, 6.45) is 2.67. The quantitative estimate of drug-likeness (QED) is 0.357. The number of carbonyl (C=O) groups excluding carboxylic acids is 1. The molecule has 0 aliphatic carbocycles. The number of likely N-dealkylation sites (tertiary alicyclic amines) is 1. The van der Waals surface area contributed by atoms with Gasteiger partial charge in [-0.3, -0.25) is 9.79 Å². The van der Waals surface area contributed by atoms with Crippen LogP contribution in [0.5, 0.6) is 5.75 Å². The van der Waals surface area contributed by atoms with E-state index >= 15 is 0 Å². The van der Waals surface area contributed by atoms with Crippen molar-refractivity contribution in [1.29, 1.82) is 0 Å². The second-order valence-electron chi connectivity index (χ2n) is 7.82. The van der Waals surface area contributed by atoms with E-state index in [0.717, 1.165) is 44.2 Å². The summed E-state index contributed by atoms with van der Waals surface area (Å²) in [4.78, 5) is 18.3. The molecule has 1 aliphatic rings. The number of benzene rings is 1. The number of piperidine rings is 1. The summed E-state index contributed by atoms with van der Waals surface area (Å²) in [6.45, 7) is 7.12. The number of aliphatic imine (C=N–C) groups is 1. The van der Waals surface area contributed by atoms with Crippen LogP contribution in [-0.4, -0.2) is 57.6 Å². The number of rotatable bonds is 6. The maximum absolute atomic E-state index is 11.6. The molecule has 1 fully saturated rings. The van der Waals surface area contributed by atoms with Gasteiger partial charge in [-0.25, -0.2) is 0 Å². The van der Waals surface area contributed by atoms with E-state index in [0.29, 0.717) is 12.3 Å². The fourth-order valence-corrected chi connectivity index (χ4v) is 3.49. The van der Waals surface area contributed by atoms with E-state index in [9.17, 15) is 4.79 Å². The summed E-state index contributed by atoms with van der Waals surface area (Å²) in [5, 5.41) is 6.26. The van der Waals surface area contributed by atoms with Crippen LogP contribution in [0.25, 0.3) is 0 Å². The standard InChI is InChI=1S/C21H34N4O2.HI/c1-21(2,17-6-8-18(27-5)9-7-17)15-24-20(23-4)25-12-10-16(11-13-25)14-19(26)22-3;/h6-9,16H,10-15H2,1-5H3,(H,22,26)(H,23,24);1H. The van der Waals surface area contributed by atoms with Crippen LogP contribution in [0.3, 0.4) is 0 Å². The van der Waals surface area contributed by atoms with Crippen LogP contribution in [0.1, 0.15) is 38.7 Å². The summed E-state index contributed by atoms with van der Waals surface area (Å²) in [5.74, 6) is 2.42. The van der Waals surface area contributed by atoms with Gasteiger partial charge >= 0.3 is 0 Å². The lowest BCUT2D eigenvalue weighted by Crippen LogP contribution is -2.48. The molecule has 0 saturated carbocycles. The van der Waals surface area contributed by atoms with Gasteiger partial charge in [-0.05, 0) is 36.5 Å². The lowest BCUT2D eigenvalue weighted by Gasteiger charge is -2.35. The molecule has 0 atom stereocenters. The molecule has 0 aromatic heterocycles. The molecule has 158 valence electrons. The zero-order chi connectivity index (χ0) is 19.9. The topological polar surface area (TPSA) is 66.0 Å². The van der Waals surface area contributed by atoms with Crippen LogP contribution in [0.15, 0.2) is 29.3 Å². The number of carbonyl (C=O) groups is 1. The van der Waals surface area contributed by atoms with Gasteiger partial charge in [0.1, 0.15) is 5.75 Å². The van der Waals surface area contributed by atoms with Crippen molar-refractivity contribution >= 4 is 35.8 Å². The predicted molar refractivity (Wildman–Crippen MR) is 126 cm³/mol. The minimum absolute atomic E-state index is 0. The predicted octanol–water partition coefficient (Wildman–Crippen LogP) is 3.01. The molecule has 0 radical (unpaired) electrons. The Balaban J connectivity index is 0.00000392. The van der Waals surface area contributed by atoms with Gasteiger partial charge in [0.25, 0.3) is 0 Å². The van der Waals surface area contributed by atoms with Gasteiger partial charge < -0.3 is 20.3 Å². The zero-order valence-corrected chi connectivity index (χ0v) is 20.1. The van der Waals surface area contributed by atoms with E-state index in [2.05, 4.69) is 46.5 Å². The van der Waals surface area contributed by atoms with Crippen molar-refractivity contribution in [3.8, 4) is 5.75 Å². The summed E-state index contributed by atoms with van der Waals surface area (Å²) < 4.78 is 5.25. The number of halogens is 1. The lowest BCUT2D eigenvalue weighted by atomic mass is 9.84. The van der Waals surface area contributed by atoms with E-state index in [1.165, 1.54) is 5.56 Å². The molecule has 28 heavy (non-hydrogen) atoms. The number of ether oxygens (including phenoxy) is 1. The summed E-state index contributed by atoms with van der Waals surface area (Å²) in [6, 6.07) is 8.24. The molecule has 0 bridgehead atoms. The van der Waals surface area contributed by atoms with Gasteiger partial charge in [0.15, 0.2) is 5.96 Å². The number of methoxy groups -OCH3 is 1. The highest BCUT2D eigenvalue weighted by Gasteiger charge is 2.25. The molecule has 2 N–H and O–H groups in total. The maximum Gasteiger partial charge on any atom is 0.220 e. The smallest absolute Gasteiger partial charge is 0.220 e. The van der Waals surface area contributed by atoms with Crippen LogP contribution >= 0.6 is 24.0 Å². The van der Waals surface area contributed by atoms with Crippen molar-refractivity contribution in [2.75, 3.05) is 40.8 Å². The first-order chi connectivity index (χ1) is 12.9. The number of hydrogen-bond donors (Lipinski definition) is 2. The van der Waals surface area contributed by atoms with Crippen molar-refractivity contribution in [2.24, 2.45) is 10.9 Å². The molecule has 1 aromatic carbocycles. The van der Waals surface area contributed by atoms with E-state index in [1.807, 2.05) is 19.2 Å². The van der Waals surface area contributed by atoms with E-state index in [-0.39, 0.29) is 35.3 Å². The Bertz CT molecular complexity index is 638. The summed E-state index contributed by atoms with van der Waals surface area (Å²) >= 11 is 0. The maximum atomic E-state index is 11.6. The van der Waals surface area contributed by atoms with E-state index < -0.39 is 0 Å². The zero-order valence-electron chi connectivity index (χ0n) is 17.7. The highest BCUT2D eigenvalue weighted by molar-refractivity contribution is 14.0. The van der Waals surface area contributed by atoms with Crippen LogP contribution in [-0.2, 0) is 10.2 Å². The van der Waals surface area contributed by atoms with Gasteiger partial charge in [0.2, 0.25) is 5.91 Å². The Morgan fingerprint density at radius 3 is 2.36 bits per heavy atom. The number of amides is 1. The molecule has 0 spiro atoms. The molecule has 1 saturated heterocycles. The van der Waals surface area contributed by atoms with Crippen molar-refractivity contribution in [3.05, 3.63) is 29.8 Å². The molecule has 2 rings (SSSR count). The molecule has 1 heterocycles. The molecule has 6 nitrogen and oxygen atoms in total. The molecule has 1 amide bonds. The van der Waals surface area contributed by atoms with Crippen LogP contribution < -0.4 is 15.4 Å². The SMILES string of the molecule is CN=C(NCC(C)(C)c1ccc(OC)cc1)N1CCC(CC(=O)NC)CC1.I. The highest BCUT2D eigenvalue weighted by Crippen LogP contribution is 2.25. The minimum Gasteiger partial charge on any atom is -0.497 e. The third-order valence-electron chi connectivity index (χ3n) is 5.44. The number of nitrogens with one attached hydrogen (secondary N) is 2. The van der Waals surface area contributed by atoms with Crippen LogP contribution in [0, 0.1) is 5.92 Å². The van der Waals surface area contributed by atoms with Crippen molar-refractivity contribution in [2.45, 2.75) is 38.5 Å². The van der Waals surface area contributed by atoms with E-state index in [1.54, 1.807) is 14.2 Å². The fourth-order valence-electron chi connectivity index (χ4n) is 3.49. The first kappa shape index (κ1) is 24.5. The highest BCUT2D eigenvalue weighted by atomic mass is 127.